The number of fused-ring (bicyclic) bond motifs is 1. The lowest BCUT2D eigenvalue weighted by atomic mass is 10.2. The van der Waals surface area contributed by atoms with Crippen LogP contribution in [0.25, 0.3) is 17.0 Å². The van der Waals surface area contributed by atoms with E-state index in [2.05, 4.69) is 15.5 Å². The molecule has 0 aliphatic carbocycles. The van der Waals surface area contributed by atoms with E-state index < -0.39 is 0 Å². The second-order valence-corrected chi connectivity index (χ2v) is 4.78. The first-order valence-electron chi connectivity index (χ1n) is 6.94. The summed E-state index contributed by atoms with van der Waals surface area (Å²) in [5, 5.41) is 11.1. The lowest BCUT2D eigenvalue weighted by molar-refractivity contribution is 0.0948. The summed E-state index contributed by atoms with van der Waals surface area (Å²) in [6.07, 6.45) is 5.66. The van der Waals surface area contributed by atoms with E-state index in [0.717, 1.165) is 12.0 Å². The molecule has 1 N–H and O–H groups in total. The number of furan rings is 1. The second kappa shape index (κ2) is 6.40. The summed E-state index contributed by atoms with van der Waals surface area (Å²) in [5.41, 5.74) is 2.03. The molecule has 3 rings (SSSR count). The number of hydrogen-bond donors (Lipinski definition) is 1. The lowest BCUT2D eigenvalue weighted by Crippen LogP contribution is -2.25. The first kappa shape index (κ1) is 14.3. The van der Waals surface area contributed by atoms with Crippen LogP contribution >= 0.6 is 0 Å². The number of nitrogens with one attached hydrogen (secondary N) is 1. The van der Waals surface area contributed by atoms with Crippen molar-refractivity contribution in [2.75, 3.05) is 20.3 Å². The van der Waals surface area contributed by atoms with Crippen molar-refractivity contribution < 1.29 is 13.9 Å². The van der Waals surface area contributed by atoms with Crippen LogP contribution in [0.1, 0.15) is 16.8 Å². The minimum absolute atomic E-state index is 0.134. The van der Waals surface area contributed by atoms with Gasteiger partial charge in [-0.1, -0.05) is 0 Å². The SMILES string of the molecule is COCCCNC(=O)c1ccc2nnc(-c3ccoc3)n2c1. The molecular weight excluding hydrogens is 284 g/mol. The summed E-state index contributed by atoms with van der Waals surface area (Å²) in [4.78, 5) is 12.1. The van der Waals surface area contributed by atoms with E-state index in [1.165, 1.54) is 0 Å². The van der Waals surface area contributed by atoms with E-state index in [4.69, 9.17) is 9.15 Å². The molecule has 3 aromatic heterocycles. The van der Waals surface area contributed by atoms with Gasteiger partial charge in [0.1, 0.15) is 6.26 Å². The van der Waals surface area contributed by atoms with Crippen LogP contribution in [0.5, 0.6) is 0 Å². The van der Waals surface area contributed by atoms with Crippen molar-refractivity contribution in [1.29, 1.82) is 0 Å². The van der Waals surface area contributed by atoms with Crippen molar-refractivity contribution in [3.63, 3.8) is 0 Å². The zero-order valence-electron chi connectivity index (χ0n) is 12.2. The summed E-state index contributed by atoms with van der Waals surface area (Å²) < 4.78 is 11.8. The van der Waals surface area contributed by atoms with Gasteiger partial charge in [-0.05, 0) is 24.6 Å². The number of nitrogens with zero attached hydrogens (tertiary/aromatic N) is 3. The van der Waals surface area contributed by atoms with Gasteiger partial charge in [0.2, 0.25) is 0 Å². The standard InChI is InChI=1S/C15H16N4O3/c1-21-7-2-6-16-15(20)11-3-4-13-17-18-14(19(13)9-11)12-5-8-22-10-12/h3-5,8-10H,2,6-7H2,1H3,(H,16,20). The highest BCUT2D eigenvalue weighted by atomic mass is 16.5. The molecule has 114 valence electrons. The van der Waals surface area contributed by atoms with Crippen LogP contribution in [-0.4, -0.2) is 40.8 Å². The molecule has 7 heteroatoms. The Labute approximate surface area is 126 Å². The van der Waals surface area contributed by atoms with E-state index in [1.807, 2.05) is 0 Å². The topological polar surface area (TPSA) is 81.7 Å². The molecule has 0 radical (unpaired) electrons. The van der Waals surface area contributed by atoms with E-state index in [-0.39, 0.29) is 5.91 Å². The van der Waals surface area contributed by atoms with Gasteiger partial charge in [0.15, 0.2) is 11.5 Å². The maximum absolute atomic E-state index is 12.1. The summed E-state index contributed by atoms with van der Waals surface area (Å²) in [7, 11) is 1.64. The number of methoxy groups -OCH3 is 1. The zero-order valence-corrected chi connectivity index (χ0v) is 12.2. The van der Waals surface area contributed by atoms with Gasteiger partial charge >= 0.3 is 0 Å². The van der Waals surface area contributed by atoms with Crippen LogP contribution in [0.15, 0.2) is 41.3 Å². The summed E-state index contributed by atoms with van der Waals surface area (Å²) in [6.45, 7) is 1.19. The van der Waals surface area contributed by atoms with Crippen molar-refractivity contribution >= 4 is 11.6 Å². The maximum Gasteiger partial charge on any atom is 0.252 e. The minimum atomic E-state index is -0.134. The molecular formula is C15H16N4O3. The molecule has 7 nitrogen and oxygen atoms in total. The number of hydrogen-bond acceptors (Lipinski definition) is 5. The summed E-state index contributed by atoms with van der Waals surface area (Å²) >= 11 is 0. The molecule has 22 heavy (non-hydrogen) atoms. The average Bonchev–Trinajstić information content (AvgIpc) is 3.19. The van der Waals surface area contributed by atoms with E-state index in [0.29, 0.717) is 30.2 Å². The van der Waals surface area contributed by atoms with Crippen molar-refractivity contribution in [2.24, 2.45) is 0 Å². The molecule has 0 aliphatic heterocycles. The van der Waals surface area contributed by atoms with Crippen LogP contribution in [0.4, 0.5) is 0 Å². The largest absolute Gasteiger partial charge is 0.472 e. The molecule has 0 atom stereocenters. The highest BCUT2D eigenvalue weighted by Crippen LogP contribution is 2.19. The second-order valence-electron chi connectivity index (χ2n) is 4.78. The van der Waals surface area contributed by atoms with Gasteiger partial charge in [-0.15, -0.1) is 10.2 Å². The Hall–Kier alpha value is -2.67. The van der Waals surface area contributed by atoms with Crippen LogP contribution in [0.3, 0.4) is 0 Å². The molecule has 0 fully saturated rings. The number of carbonyl (C=O) groups excluding carboxylic acids is 1. The molecule has 0 aromatic carbocycles. The van der Waals surface area contributed by atoms with Crippen molar-refractivity contribution in [1.82, 2.24) is 19.9 Å². The molecule has 0 saturated carbocycles. The number of ether oxygens (including phenoxy) is 1. The Morgan fingerprint density at radius 1 is 1.36 bits per heavy atom. The van der Waals surface area contributed by atoms with Crippen molar-refractivity contribution in [2.45, 2.75) is 6.42 Å². The molecule has 0 unspecified atom stereocenters. The number of aromatic nitrogens is 3. The first-order chi connectivity index (χ1) is 10.8. The molecule has 0 bridgehead atoms. The molecule has 3 heterocycles. The van der Waals surface area contributed by atoms with E-state index in [1.54, 1.807) is 48.4 Å². The van der Waals surface area contributed by atoms with Crippen LogP contribution in [-0.2, 0) is 4.74 Å². The van der Waals surface area contributed by atoms with E-state index >= 15 is 0 Å². The third-order valence-electron chi connectivity index (χ3n) is 3.25. The highest BCUT2D eigenvalue weighted by Gasteiger charge is 2.12. The quantitative estimate of drug-likeness (QED) is 0.701. The molecule has 0 aliphatic rings. The predicted octanol–water partition coefficient (Wildman–Crippen LogP) is 1.76. The van der Waals surface area contributed by atoms with Gasteiger partial charge in [-0.2, -0.15) is 0 Å². The Morgan fingerprint density at radius 3 is 3.05 bits per heavy atom. The normalized spacial score (nSPS) is 11.0. The van der Waals surface area contributed by atoms with Crippen LogP contribution in [0, 0.1) is 0 Å². The van der Waals surface area contributed by atoms with Crippen LogP contribution < -0.4 is 5.32 Å². The Bertz CT molecular complexity index is 764. The number of pyridine rings is 1. The summed E-state index contributed by atoms with van der Waals surface area (Å²) in [5.74, 6) is 0.502. The zero-order chi connectivity index (χ0) is 15.4. The Balaban J connectivity index is 1.83. The fourth-order valence-electron chi connectivity index (χ4n) is 2.13. The average molecular weight is 300 g/mol. The maximum atomic E-state index is 12.1. The Morgan fingerprint density at radius 2 is 2.27 bits per heavy atom. The smallest absolute Gasteiger partial charge is 0.252 e. The van der Waals surface area contributed by atoms with Gasteiger partial charge in [0.25, 0.3) is 5.91 Å². The fraction of sp³-hybridized carbons (Fsp3) is 0.267. The van der Waals surface area contributed by atoms with Crippen LogP contribution in [0.2, 0.25) is 0 Å². The molecule has 0 saturated heterocycles. The van der Waals surface area contributed by atoms with Gasteiger partial charge in [0, 0.05) is 26.5 Å². The number of rotatable bonds is 6. The lowest BCUT2D eigenvalue weighted by Gasteiger charge is -2.05. The van der Waals surface area contributed by atoms with Gasteiger partial charge in [0.05, 0.1) is 17.4 Å². The monoisotopic (exact) mass is 300 g/mol. The fourth-order valence-corrected chi connectivity index (χ4v) is 2.13. The van der Waals surface area contributed by atoms with Gasteiger partial charge in [-0.25, -0.2) is 0 Å². The van der Waals surface area contributed by atoms with Crippen molar-refractivity contribution in [3.05, 3.63) is 42.5 Å². The van der Waals surface area contributed by atoms with Crippen molar-refractivity contribution in [3.8, 4) is 11.4 Å². The third kappa shape index (κ3) is 2.84. The minimum Gasteiger partial charge on any atom is -0.472 e. The molecule has 1 amide bonds. The first-order valence-corrected chi connectivity index (χ1v) is 6.94. The Kier molecular flexibility index (Phi) is 4.15. The third-order valence-corrected chi connectivity index (χ3v) is 3.25. The predicted molar refractivity (Wildman–Crippen MR) is 79.5 cm³/mol. The number of amides is 1. The highest BCUT2D eigenvalue weighted by molar-refractivity contribution is 5.94. The van der Waals surface area contributed by atoms with Gasteiger partial charge in [-0.3, -0.25) is 9.20 Å². The molecule has 3 aromatic rings. The van der Waals surface area contributed by atoms with Gasteiger partial charge < -0.3 is 14.5 Å². The summed E-state index contributed by atoms with van der Waals surface area (Å²) in [6, 6.07) is 5.30. The van der Waals surface area contributed by atoms with E-state index in [9.17, 15) is 4.79 Å². The molecule has 0 spiro atoms. The number of carbonyl (C=O) groups is 1.